The van der Waals surface area contributed by atoms with E-state index in [0.29, 0.717) is 0 Å². The van der Waals surface area contributed by atoms with Crippen molar-refractivity contribution in [2.24, 2.45) is 0 Å². The largest absolute Gasteiger partial charge is 0.298 e. The fourth-order valence-corrected chi connectivity index (χ4v) is 4.13. The zero-order valence-corrected chi connectivity index (χ0v) is 16.9. The summed E-state index contributed by atoms with van der Waals surface area (Å²) in [5.41, 5.74) is 0.623. The van der Waals surface area contributed by atoms with Crippen LogP contribution in [-0.2, 0) is 9.59 Å². The number of nitrogens with one attached hydrogen (secondary N) is 1. The van der Waals surface area contributed by atoms with Gasteiger partial charge in [0, 0.05) is 0 Å². The molecule has 1 saturated heterocycles. The van der Waals surface area contributed by atoms with Crippen LogP contribution >= 0.6 is 12.2 Å². The van der Waals surface area contributed by atoms with Crippen LogP contribution in [-0.4, -0.2) is 16.9 Å². The Labute approximate surface area is 182 Å². The monoisotopic (exact) mass is 426 g/mol. The van der Waals surface area contributed by atoms with Gasteiger partial charge in [0.05, 0.1) is 5.69 Å². The highest BCUT2D eigenvalue weighted by Crippen LogP contribution is 2.32. The second-order valence-corrected chi connectivity index (χ2v) is 7.53. The summed E-state index contributed by atoms with van der Waals surface area (Å²) in [7, 11) is 0. The average molecular weight is 426 g/mol. The van der Waals surface area contributed by atoms with Gasteiger partial charge in [0.1, 0.15) is 11.4 Å². The molecule has 0 atom stereocenters. The van der Waals surface area contributed by atoms with Crippen molar-refractivity contribution < 1.29 is 14.0 Å². The molecule has 0 saturated carbocycles. The minimum absolute atomic E-state index is 0.00817. The van der Waals surface area contributed by atoms with Crippen molar-refractivity contribution in [2.45, 2.75) is 0 Å². The highest BCUT2D eigenvalue weighted by Gasteiger charge is 2.35. The second kappa shape index (κ2) is 7.41. The Hall–Kier alpha value is -3.90. The number of carbonyl (C=O) groups is 2. The van der Waals surface area contributed by atoms with E-state index in [1.807, 2.05) is 48.5 Å². The van der Waals surface area contributed by atoms with Crippen LogP contribution in [0.25, 0.3) is 27.6 Å². The molecule has 0 radical (unpaired) electrons. The van der Waals surface area contributed by atoms with Gasteiger partial charge in [-0.25, -0.2) is 9.29 Å². The van der Waals surface area contributed by atoms with Crippen molar-refractivity contribution >= 4 is 62.5 Å². The third-order valence-corrected chi connectivity index (χ3v) is 5.58. The molecule has 150 valence electrons. The first-order chi connectivity index (χ1) is 15.0. The summed E-state index contributed by atoms with van der Waals surface area (Å²) in [6.45, 7) is 0. The summed E-state index contributed by atoms with van der Waals surface area (Å²) in [6.07, 6.45) is 1.57. The van der Waals surface area contributed by atoms with Crippen LogP contribution in [0.5, 0.6) is 0 Å². The smallest absolute Gasteiger partial charge is 0.270 e. The highest BCUT2D eigenvalue weighted by molar-refractivity contribution is 7.80. The van der Waals surface area contributed by atoms with E-state index in [2.05, 4.69) is 11.4 Å². The summed E-state index contributed by atoms with van der Waals surface area (Å²) in [4.78, 5) is 27.1. The number of amides is 2. The number of carbonyl (C=O) groups excluding carboxylic acids is 2. The number of hydrogen-bond acceptors (Lipinski definition) is 3. The molecule has 0 aliphatic carbocycles. The van der Waals surface area contributed by atoms with E-state index in [1.54, 1.807) is 12.1 Å². The fraction of sp³-hybridized carbons (Fsp3) is 0. The molecule has 1 heterocycles. The second-order valence-electron chi connectivity index (χ2n) is 7.14. The zero-order chi connectivity index (χ0) is 21.5. The van der Waals surface area contributed by atoms with Crippen LogP contribution in [0, 0.1) is 5.82 Å². The van der Waals surface area contributed by atoms with Gasteiger partial charge < -0.3 is 0 Å². The Morgan fingerprint density at radius 1 is 0.839 bits per heavy atom. The van der Waals surface area contributed by atoms with E-state index in [1.165, 1.54) is 18.2 Å². The third-order valence-electron chi connectivity index (χ3n) is 5.30. The first-order valence-electron chi connectivity index (χ1n) is 9.61. The lowest BCUT2D eigenvalue weighted by atomic mass is 9.94. The molecule has 31 heavy (non-hydrogen) atoms. The van der Waals surface area contributed by atoms with Gasteiger partial charge in [-0.15, -0.1) is 0 Å². The Bertz CT molecular complexity index is 1390. The molecule has 4 aromatic rings. The Balaban J connectivity index is 1.74. The number of hydrogen-bond donors (Lipinski definition) is 1. The van der Waals surface area contributed by atoms with Crippen molar-refractivity contribution in [3.63, 3.8) is 0 Å². The molecule has 4 nitrogen and oxygen atoms in total. The lowest BCUT2D eigenvalue weighted by Gasteiger charge is -2.29. The van der Waals surface area contributed by atoms with E-state index in [0.717, 1.165) is 32.0 Å². The predicted octanol–water partition coefficient (Wildman–Crippen LogP) is 4.96. The Morgan fingerprint density at radius 2 is 1.42 bits per heavy atom. The van der Waals surface area contributed by atoms with Crippen molar-refractivity contribution in [1.82, 2.24) is 5.32 Å². The van der Waals surface area contributed by atoms with Gasteiger partial charge in [-0.2, -0.15) is 0 Å². The number of rotatable bonds is 2. The number of halogens is 1. The van der Waals surface area contributed by atoms with Crippen LogP contribution in [0.3, 0.4) is 0 Å². The number of benzene rings is 4. The first kappa shape index (κ1) is 19.1. The van der Waals surface area contributed by atoms with Crippen molar-refractivity contribution in [2.75, 3.05) is 4.90 Å². The number of para-hydroxylation sites is 1. The van der Waals surface area contributed by atoms with E-state index >= 15 is 0 Å². The standard InChI is InChI=1S/C25H15FN2O2S/c26-21-11-5-6-12-22(21)28-24(30)20(23(29)27-25(28)31)14-19-17-9-3-1-7-15(17)13-16-8-2-4-10-18(16)19/h1-14H,(H,27,29,31)/b20-14+. The summed E-state index contributed by atoms with van der Waals surface area (Å²) >= 11 is 5.17. The van der Waals surface area contributed by atoms with Crippen molar-refractivity contribution in [3.8, 4) is 0 Å². The van der Waals surface area contributed by atoms with E-state index in [-0.39, 0.29) is 16.4 Å². The van der Waals surface area contributed by atoms with Crippen LogP contribution < -0.4 is 10.2 Å². The lowest BCUT2D eigenvalue weighted by molar-refractivity contribution is -0.122. The summed E-state index contributed by atoms with van der Waals surface area (Å²) in [5.74, 6) is -1.89. The Morgan fingerprint density at radius 3 is 2.06 bits per heavy atom. The van der Waals surface area contributed by atoms with Crippen LogP contribution in [0.2, 0.25) is 0 Å². The number of anilines is 1. The van der Waals surface area contributed by atoms with E-state index in [9.17, 15) is 14.0 Å². The molecule has 2 amide bonds. The number of nitrogens with zero attached hydrogens (tertiary/aromatic N) is 1. The molecule has 0 aromatic heterocycles. The molecule has 1 aliphatic rings. The third kappa shape index (κ3) is 3.17. The molecule has 1 aliphatic heterocycles. The summed E-state index contributed by atoms with van der Waals surface area (Å²) in [5, 5.41) is 6.14. The maximum atomic E-state index is 14.4. The molecule has 0 spiro atoms. The van der Waals surface area contributed by atoms with Crippen molar-refractivity contribution in [1.29, 1.82) is 0 Å². The maximum absolute atomic E-state index is 14.4. The summed E-state index contributed by atoms with van der Waals surface area (Å²) in [6, 6.07) is 23.4. The fourth-order valence-electron chi connectivity index (χ4n) is 3.86. The minimum atomic E-state index is -0.670. The molecule has 5 rings (SSSR count). The first-order valence-corrected chi connectivity index (χ1v) is 10.0. The van der Waals surface area contributed by atoms with Gasteiger partial charge >= 0.3 is 0 Å². The molecular formula is C25H15FN2O2S. The molecular weight excluding hydrogens is 411 g/mol. The van der Waals surface area contributed by atoms with Gasteiger partial charge in [-0.3, -0.25) is 14.9 Å². The van der Waals surface area contributed by atoms with Gasteiger partial charge in [0.25, 0.3) is 11.8 Å². The quantitative estimate of drug-likeness (QED) is 0.213. The predicted molar refractivity (Wildman–Crippen MR) is 124 cm³/mol. The molecule has 0 unspecified atom stereocenters. The highest BCUT2D eigenvalue weighted by atomic mass is 32.1. The van der Waals surface area contributed by atoms with Gasteiger partial charge in [0.2, 0.25) is 0 Å². The minimum Gasteiger partial charge on any atom is -0.298 e. The summed E-state index contributed by atoms with van der Waals surface area (Å²) < 4.78 is 14.4. The molecule has 4 aromatic carbocycles. The molecule has 0 bridgehead atoms. The molecule has 1 N–H and O–H groups in total. The van der Waals surface area contributed by atoms with Gasteiger partial charge in [-0.1, -0.05) is 60.7 Å². The number of fused-ring (bicyclic) bond motifs is 2. The average Bonchev–Trinajstić information content (AvgIpc) is 2.77. The normalized spacial score (nSPS) is 15.7. The topological polar surface area (TPSA) is 49.4 Å². The Kier molecular flexibility index (Phi) is 4.56. The van der Waals surface area contributed by atoms with Crippen molar-refractivity contribution in [3.05, 3.63) is 95.8 Å². The SMILES string of the molecule is O=C1NC(=S)N(c2ccccc2F)C(=O)/C1=C/c1c2ccccc2cc2ccccc12. The van der Waals surface area contributed by atoms with Gasteiger partial charge in [-0.05, 0) is 63.6 Å². The maximum Gasteiger partial charge on any atom is 0.270 e. The van der Waals surface area contributed by atoms with Crippen LogP contribution in [0.4, 0.5) is 10.1 Å². The van der Waals surface area contributed by atoms with E-state index in [4.69, 9.17) is 12.2 Å². The number of thiocarbonyl (C=S) groups is 1. The molecule has 6 heteroatoms. The van der Waals surface area contributed by atoms with Gasteiger partial charge in [0.15, 0.2) is 5.11 Å². The lowest BCUT2D eigenvalue weighted by Crippen LogP contribution is -2.54. The van der Waals surface area contributed by atoms with Crippen LogP contribution in [0.1, 0.15) is 5.56 Å². The van der Waals surface area contributed by atoms with Crippen LogP contribution in [0.15, 0.2) is 84.4 Å². The van der Waals surface area contributed by atoms with E-state index < -0.39 is 17.6 Å². The zero-order valence-electron chi connectivity index (χ0n) is 16.1. The molecule has 1 fully saturated rings.